The number of hydrogen-bond donors (Lipinski definition) is 0. The van der Waals surface area contributed by atoms with E-state index >= 15 is 0 Å². The molecule has 1 unspecified atom stereocenters. The van der Waals surface area contributed by atoms with E-state index in [-0.39, 0.29) is 6.23 Å². The lowest BCUT2D eigenvalue weighted by Crippen LogP contribution is -2.06. The molecule has 0 saturated carbocycles. The zero-order chi connectivity index (χ0) is 10.3. The predicted molar refractivity (Wildman–Crippen MR) is 56.8 cm³/mol. The van der Waals surface area contributed by atoms with Crippen molar-refractivity contribution in [3.63, 3.8) is 0 Å². The summed E-state index contributed by atoms with van der Waals surface area (Å²) in [4.78, 5) is 8.18. The van der Waals surface area contributed by atoms with Crippen LogP contribution in [-0.2, 0) is 4.74 Å². The van der Waals surface area contributed by atoms with E-state index in [2.05, 4.69) is 9.97 Å². The van der Waals surface area contributed by atoms with Crippen molar-refractivity contribution in [2.75, 3.05) is 6.61 Å². The highest BCUT2D eigenvalue weighted by atomic mass is 35.5. The van der Waals surface area contributed by atoms with Crippen LogP contribution in [0.3, 0.4) is 0 Å². The van der Waals surface area contributed by atoms with Crippen molar-refractivity contribution in [2.45, 2.75) is 19.1 Å². The largest absolute Gasteiger partial charge is 0.358 e. The van der Waals surface area contributed by atoms with E-state index in [9.17, 15) is 0 Å². The van der Waals surface area contributed by atoms with Crippen LogP contribution in [0.1, 0.15) is 19.1 Å². The van der Waals surface area contributed by atoms with Crippen molar-refractivity contribution < 1.29 is 4.74 Å². The average molecular weight is 224 g/mol. The molecule has 0 radical (unpaired) electrons. The number of halogens is 1. The molecule has 0 spiro atoms. The number of aromatic nitrogens is 3. The Bertz CT molecular complexity index is 490. The molecule has 1 aliphatic rings. The van der Waals surface area contributed by atoms with Crippen molar-refractivity contribution in [3.05, 3.63) is 23.7 Å². The Hall–Kier alpha value is -1.13. The molecule has 4 nitrogen and oxygen atoms in total. The first-order chi connectivity index (χ1) is 7.36. The van der Waals surface area contributed by atoms with Gasteiger partial charge < -0.3 is 9.30 Å². The monoisotopic (exact) mass is 223 g/mol. The lowest BCUT2D eigenvalue weighted by molar-refractivity contribution is 0.0597. The summed E-state index contributed by atoms with van der Waals surface area (Å²) in [6.45, 7) is 0.823. The molecule has 78 valence electrons. The van der Waals surface area contributed by atoms with Gasteiger partial charge in [-0.3, -0.25) is 0 Å². The molecule has 2 aromatic rings. The first-order valence-corrected chi connectivity index (χ1v) is 5.33. The summed E-state index contributed by atoms with van der Waals surface area (Å²) in [6, 6.07) is 1.93. The number of ether oxygens (including phenoxy) is 1. The second-order valence-electron chi connectivity index (χ2n) is 3.59. The summed E-state index contributed by atoms with van der Waals surface area (Å²) in [6.07, 6.45) is 5.68. The average Bonchev–Trinajstić information content (AvgIpc) is 2.85. The topological polar surface area (TPSA) is 39.9 Å². The van der Waals surface area contributed by atoms with Crippen molar-refractivity contribution in [1.82, 2.24) is 14.5 Å². The summed E-state index contributed by atoms with van der Waals surface area (Å²) in [7, 11) is 0. The van der Waals surface area contributed by atoms with Crippen LogP contribution in [0.4, 0.5) is 0 Å². The SMILES string of the molecule is Clc1ncnc2c1ccn2C1CCCO1. The zero-order valence-electron chi connectivity index (χ0n) is 8.06. The number of rotatable bonds is 1. The lowest BCUT2D eigenvalue weighted by Gasteiger charge is -2.11. The molecule has 0 bridgehead atoms. The molecule has 3 rings (SSSR count). The molecule has 0 aromatic carbocycles. The smallest absolute Gasteiger partial charge is 0.146 e. The predicted octanol–water partition coefficient (Wildman–Crippen LogP) is 2.39. The van der Waals surface area contributed by atoms with Crippen LogP contribution in [0.15, 0.2) is 18.6 Å². The third-order valence-corrected chi connectivity index (χ3v) is 2.98. The maximum atomic E-state index is 5.97. The van der Waals surface area contributed by atoms with E-state index in [1.54, 1.807) is 0 Å². The molecule has 0 N–H and O–H groups in total. The highest BCUT2D eigenvalue weighted by Gasteiger charge is 2.19. The van der Waals surface area contributed by atoms with Crippen molar-refractivity contribution in [1.29, 1.82) is 0 Å². The van der Waals surface area contributed by atoms with Gasteiger partial charge in [-0.1, -0.05) is 11.6 Å². The summed E-state index contributed by atoms with van der Waals surface area (Å²) >= 11 is 5.97. The first kappa shape index (κ1) is 9.12. The standard InChI is InChI=1S/C10H10ClN3O/c11-9-7-3-4-14(8-2-1-5-15-8)10(7)13-6-12-9/h3-4,6,8H,1-2,5H2. The van der Waals surface area contributed by atoms with Gasteiger partial charge in [0, 0.05) is 12.8 Å². The van der Waals surface area contributed by atoms with Crippen molar-refractivity contribution in [3.8, 4) is 0 Å². The number of nitrogens with zero attached hydrogens (tertiary/aromatic N) is 3. The minimum absolute atomic E-state index is 0.105. The summed E-state index contributed by atoms with van der Waals surface area (Å²) in [5.41, 5.74) is 0.849. The van der Waals surface area contributed by atoms with Crippen LogP contribution < -0.4 is 0 Å². The van der Waals surface area contributed by atoms with Crippen molar-refractivity contribution in [2.24, 2.45) is 0 Å². The van der Waals surface area contributed by atoms with E-state index in [4.69, 9.17) is 16.3 Å². The number of hydrogen-bond acceptors (Lipinski definition) is 3. The van der Waals surface area contributed by atoms with Gasteiger partial charge in [-0.25, -0.2) is 9.97 Å². The van der Waals surface area contributed by atoms with E-state index in [0.717, 1.165) is 30.5 Å². The second-order valence-corrected chi connectivity index (χ2v) is 3.95. The molecule has 1 aliphatic heterocycles. The Morgan fingerprint density at radius 3 is 3.20 bits per heavy atom. The van der Waals surface area contributed by atoms with Crippen LogP contribution in [0.25, 0.3) is 11.0 Å². The zero-order valence-corrected chi connectivity index (χ0v) is 8.81. The Morgan fingerprint density at radius 2 is 2.40 bits per heavy atom. The van der Waals surface area contributed by atoms with Crippen LogP contribution in [-0.4, -0.2) is 21.1 Å². The van der Waals surface area contributed by atoms with Crippen LogP contribution in [0.2, 0.25) is 5.15 Å². The quantitative estimate of drug-likeness (QED) is 0.697. The maximum absolute atomic E-state index is 5.97. The highest BCUT2D eigenvalue weighted by Crippen LogP contribution is 2.28. The van der Waals surface area contributed by atoms with Gasteiger partial charge in [0.15, 0.2) is 0 Å². The molecular weight excluding hydrogens is 214 g/mol. The molecule has 2 aromatic heterocycles. The van der Waals surface area contributed by atoms with Gasteiger partial charge in [-0.05, 0) is 18.9 Å². The lowest BCUT2D eigenvalue weighted by atomic mass is 10.3. The summed E-state index contributed by atoms with van der Waals surface area (Å²) in [5.74, 6) is 0. The van der Waals surface area contributed by atoms with Gasteiger partial charge in [0.05, 0.1) is 5.39 Å². The van der Waals surface area contributed by atoms with Gasteiger partial charge in [-0.2, -0.15) is 0 Å². The Morgan fingerprint density at radius 1 is 1.47 bits per heavy atom. The van der Waals surface area contributed by atoms with E-state index < -0.39 is 0 Å². The fraction of sp³-hybridized carbons (Fsp3) is 0.400. The van der Waals surface area contributed by atoms with Crippen LogP contribution >= 0.6 is 11.6 Å². The van der Waals surface area contributed by atoms with Gasteiger partial charge in [0.2, 0.25) is 0 Å². The fourth-order valence-electron chi connectivity index (χ4n) is 1.95. The highest BCUT2D eigenvalue weighted by molar-refractivity contribution is 6.33. The normalized spacial score (nSPS) is 21.3. The van der Waals surface area contributed by atoms with Crippen LogP contribution in [0.5, 0.6) is 0 Å². The van der Waals surface area contributed by atoms with Gasteiger partial charge >= 0.3 is 0 Å². The first-order valence-electron chi connectivity index (χ1n) is 4.95. The van der Waals surface area contributed by atoms with E-state index in [0.29, 0.717) is 5.15 Å². The Kier molecular flexibility index (Phi) is 2.11. The minimum atomic E-state index is 0.105. The molecule has 1 fully saturated rings. The Labute approximate surface area is 91.8 Å². The molecule has 0 aliphatic carbocycles. The van der Waals surface area contributed by atoms with Gasteiger partial charge in [0.25, 0.3) is 0 Å². The molecule has 3 heterocycles. The third-order valence-electron chi connectivity index (χ3n) is 2.68. The van der Waals surface area contributed by atoms with Gasteiger partial charge in [0.1, 0.15) is 23.4 Å². The van der Waals surface area contributed by atoms with Gasteiger partial charge in [-0.15, -0.1) is 0 Å². The Balaban J connectivity index is 2.15. The molecule has 5 heteroatoms. The molecule has 0 amide bonds. The fourth-order valence-corrected chi connectivity index (χ4v) is 2.14. The van der Waals surface area contributed by atoms with E-state index in [1.807, 2.05) is 16.8 Å². The maximum Gasteiger partial charge on any atom is 0.146 e. The van der Waals surface area contributed by atoms with Crippen molar-refractivity contribution >= 4 is 22.6 Å². The second kappa shape index (κ2) is 3.47. The van der Waals surface area contributed by atoms with E-state index in [1.165, 1.54) is 6.33 Å². The third kappa shape index (κ3) is 1.41. The molecule has 15 heavy (non-hydrogen) atoms. The summed E-state index contributed by atoms with van der Waals surface area (Å²) in [5, 5.41) is 1.38. The van der Waals surface area contributed by atoms with Crippen LogP contribution in [0, 0.1) is 0 Å². The molecule has 1 saturated heterocycles. The summed E-state index contributed by atoms with van der Waals surface area (Å²) < 4.78 is 7.63. The minimum Gasteiger partial charge on any atom is -0.358 e. The molecular formula is C10H10ClN3O. The number of fused-ring (bicyclic) bond motifs is 1. The molecule has 1 atom stereocenters.